The van der Waals surface area contributed by atoms with Gasteiger partial charge in [-0.1, -0.05) is 18.2 Å². The minimum absolute atomic E-state index is 0.532. The van der Waals surface area contributed by atoms with E-state index in [-0.39, 0.29) is 0 Å². The molecule has 0 aliphatic carbocycles. The van der Waals surface area contributed by atoms with Crippen LogP contribution in [0.2, 0.25) is 0 Å². The van der Waals surface area contributed by atoms with E-state index in [0.717, 1.165) is 17.4 Å². The predicted octanol–water partition coefficient (Wildman–Crippen LogP) is 3.70. The number of rotatable bonds is 5. The van der Waals surface area contributed by atoms with E-state index in [1.54, 1.807) is 11.3 Å². The van der Waals surface area contributed by atoms with Gasteiger partial charge in [0.25, 0.3) is 0 Å². The molecule has 102 valence electrons. The third kappa shape index (κ3) is 2.72. The summed E-state index contributed by atoms with van der Waals surface area (Å²) in [7, 11) is 0. The second-order valence-corrected chi connectivity index (χ2v) is 5.30. The fourth-order valence-electron chi connectivity index (χ4n) is 1.93. The summed E-state index contributed by atoms with van der Waals surface area (Å²) < 4.78 is 5.87. The van der Waals surface area contributed by atoms with Gasteiger partial charge in [0, 0.05) is 11.4 Å². The molecular formula is C15H15N3OS. The van der Waals surface area contributed by atoms with E-state index in [4.69, 9.17) is 4.74 Å². The van der Waals surface area contributed by atoms with Gasteiger partial charge in [0.1, 0.15) is 6.61 Å². The normalized spacial score (nSPS) is 10.7. The first-order valence-electron chi connectivity index (χ1n) is 6.52. The number of fused-ring (bicyclic) bond motifs is 1. The van der Waals surface area contributed by atoms with Crippen molar-refractivity contribution in [3.63, 3.8) is 0 Å². The summed E-state index contributed by atoms with van der Waals surface area (Å²) in [6.07, 6.45) is 0. The zero-order chi connectivity index (χ0) is 13.8. The highest BCUT2D eigenvalue weighted by atomic mass is 32.1. The SMILES string of the molecule is CCNc1nc(OCc2cccs2)c2ccccc2n1. The minimum atomic E-state index is 0.532. The molecule has 2 aromatic heterocycles. The third-order valence-corrected chi connectivity index (χ3v) is 3.68. The van der Waals surface area contributed by atoms with Crippen LogP contribution < -0.4 is 10.1 Å². The summed E-state index contributed by atoms with van der Waals surface area (Å²) in [5.41, 5.74) is 0.889. The maximum absolute atomic E-state index is 5.87. The Balaban J connectivity index is 1.94. The van der Waals surface area contributed by atoms with Crippen LogP contribution in [-0.4, -0.2) is 16.5 Å². The Labute approximate surface area is 121 Å². The lowest BCUT2D eigenvalue weighted by molar-refractivity contribution is 0.301. The van der Waals surface area contributed by atoms with Crippen molar-refractivity contribution in [2.24, 2.45) is 0 Å². The number of nitrogens with zero attached hydrogens (tertiary/aromatic N) is 2. The molecule has 1 aromatic carbocycles. The minimum Gasteiger partial charge on any atom is -0.471 e. The fraction of sp³-hybridized carbons (Fsp3) is 0.200. The van der Waals surface area contributed by atoms with Crippen LogP contribution in [0.1, 0.15) is 11.8 Å². The van der Waals surface area contributed by atoms with Crippen molar-refractivity contribution in [1.82, 2.24) is 9.97 Å². The van der Waals surface area contributed by atoms with Gasteiger partial charge in [-0.2, -0.15) is 4.98 Å². The highest BCUT2D eigenvalue weighted by molar-refractivity contribution is 7.09. The smallest absolute Gasteiger partial charge is 0.226 e. The van der Waals surface area contributed by atoms with Crippen molar-refractivity contribution in [3.05, 3.63) is 46.7 Å². The lowest BCUT2D eigenvalue weighted by Crippen LogP contribution is -2.05. The summed E-state index contributed by atoms with van der Waals surface area (Å²) >= 11 is 1.68. The molecule has 5 heteroatoms. The number of anilines is 1. The number of hydrogen-bond acceptors (Lipinski definition) is 5. The van der Waals surface area contributed by atoms with E-state index >= 15 is 0 Å². The molecule has 3 aromatic rings. The number of thiophene rings is 1. The van der Waals surface area contributed by atoms with E-state index in [1.807, 2.05) is 42.6 Å². The molecule has 0 aliphatic heterocycles. The Morgan fingerprint density at radius 2 is 2.05 bits per heavy atom. The number of para-hydroxylation sites is 1. The van der Waals surface area contributed by atoms with Gasteiger partial charge in [-0.3, -0.25) is 0 Å². The molecule has 0 spiro atoms. The number of aromatic nitrogens is 2. The van der Waals surface area contributed by atoms with Crippen LogP contribution in [0.15, 0.2) is 41.8 Å². The van der Waals surface area contributed by atoms with Gasteiger partial charge in [0.15, 0.2) is 0 Å². The van der Waals surface area contributed by atoms with Crippen molar-refractivity contribution >= 4 is 28.2 Å². The monoisotopic (exact) mass is 285 g/mol. The summed E-state index contributed by atoms with van der Waals surface area (Å²) in [6, 6.07) is 12.0. The van der Waals surface area contributed by atoms with E-state index < -0.39 is 0 Å². The molecule has 0 radical (unpaired) electrons. The number of nitrogens with one attached hydrogen (secondary N) is 1. The quantitative estimate of drug-likeness (QED) is 0.776. The van der Waals surface area contributed by atoms with Gasteiger partial charge in [-0.15, -0.1) is 11.3 Å². The van der Waals surface area contributed by atoms with E-state index in [0.29, 0.717) is 18.4 Å². The predicted molar refractivity (Wildman–Crippen MR) is 82.4 cm³/mol. The van der Waals surface area contributed by atoms with Crippen LogP contribution in [0.25, 0.3) is 10.9 Å². The van der Waals surface area contributed by atoms with Crippen molar-refractivity contribution in [1.29, 1.82) is 0 Å². The van der Waals surface area contributed by atoms with Crippen molar-refractivity contribution in [2.45, 2.75) is 13.5 Å². The molecule has 0 saturated heterocycles. The van der Waals surface area contributed by atoms with Gasteiger partial charge < -0.3 is 10.1 Å². The van der Waals surface area contributed by atoms with E-state index in [2.05, 4.69) is 21.4 Å². The number of hydrogen-bond donors (Lipinski definition) is 1. The van der Waals surface area contributed by atoms with Gasteiger partial charge in [0.05, 0.1) is 10.9 Å². The topological polar surface area (TPSA) is 47.0 Å². The fourth-order valence-corrected chi connectivity index (χ4v) is 2.54. The van der Waals surface area contributed by atoms with Crippen LogP contribution in [-0.2, 0) is 6.61 Å². The molecule has 3 rings (SSSR count). The number of benzene rings is 1. The van der Waals surface area contributed by atoms with Crippen LogP contribution in [0, 0.1) is 0 Å². The molecular weight excluding hydrogens is 270 g/mol. The third-order valence-electron chi connectivity index (χ3n) is 2.83. The molecule has 4 nitrogen and oxygen atoms in total. The van der Waals surface area contributed by atoms with Crippen LogP contribution in [0.3, 0.4) is 0 Å². The summed E-state index contributed by atoms with van der Waals surface area (Å²) in [6.45, 7) is 3.33. The Bertz CT molecular complexity index is 697. The first-order chi connectivity index (χ1) is 9.86. The highest BCUT2D eigenvalue weighted by Gasteiger charge is 2.08. The second-order valence-electron chi connectivity index (χ2n) is 4.27. The Morgan fingerprint density at radius 3 is 2.85 bits per heavy atom. The largest absolute Gasteiger partial charge is 0.471 e. The first-order valence-corrected chi connectivity index (χ1v) is 7.40. The maximum Gasteiger partial charge on any atom is 0.226 e. The summed E-state index contributed by atoms with van der Waals surface area (Å²) in [5.74, 6) is 1.23. The zero-order valence-corrected chi connectivity index (χ0v) is 12.0. The van der Waals surface area contributed by atoms with Crippen molar-refractivity contribution < 1.29 is 4.74 Å². The molecule has 0 unspecified atom stereocenters. The molecule has 0 atom stereocenters. The van der Waals surface area contributed by atoms with E-state index in [1.165, 1.54) is 4.88 Å². The molecule has 2 heterocycles. The Hall–Kier alpha value is -2.14. The second kappa shape index (κ2) is 5.88. The zero-order valence-electron chi connectivity index (χ0n) is 11.2. The molecule has 0 bridgehead atoms. The van der Waals surface area contributed by atoms with Crippen LogP contribution in [0.4, 0.5) is 5.95 Å². The van der Waals surface area contributed by atoms with Crippen molar-refractivity contribution in [2.75, 3.05) is 11.9 Å². The number of ether oxygens (including phenoxy) is 1. The molecule has 0 amide bonds. The maximum atomic E-state index is 5.87. The Kier molecular flexibility index (Phi) is 3.78. The van der Waals surface area contributed by atoms with Gasteiger partial charge in [-0.05, 0) is 30.5 Å². The summed E-state index contributed by atoms with van der Waals surface area (Å²) in [5, 5.41) is 6.11. The molecule has 0 fully saturated rings. The molecule has 0 saturated carbocycles. The lowest BCUT2D eigenvalue weighted by Gasteiger charge is -2.09. The average molecular weight is 285 g/mol. The highest BCUT2D eigenvalue weighted by Crippen LogP contribution is 2.25. The molecule has 1 N–H and O–H groups in total. The summed E-state index contributed by atoms with van der Waals surface area (Å²) in [4.78, 5) is 10.1. The van der Waals surface area contributed by atoms with Crippen molar-refractivity contribution in [3.8, 4) is 5.88 Å². The average Bonchev–Trinajstić information content (AvgIpc) is 2.98. The first kappa shape index (κ1) is 12.9. The Morgan fingerprint density at radius 1 is 1.15 bits per heavy atom. The van der Waals surface area contributed by atoms with Gasteiger partial charge in [-0.25, -0.2) is 4.98 Å². The van der Waals surface area contributed by atoms with Crippen LogP contribution >= 0.6 is 11.3 Å². The van der Waals surface area contributed by atoms with Gasteiger partial charge in [0.2, 0.25) is 11.8 Å². The van der Waals surface area contributed by atoms with E-state index in [9.17, 15) is 0 Å². The lowest BCUT2D eigenvalue weighted by atomic mass is 10.2. The van der Waals surface area contributed by atoms with Crippen LogP contribution in [0.5, 0.6) is 5.88 Å². The molecule has 0 aliphatic rings. The molecule has 20 heavy (non-hydrogen) atoms. The van der Waals surface area contributed by atoms with Gasteiger partial charge >= 0.3 is 0 Å². The standard InChI is InChI=1S/C15H15N3OS/c1-2-16-15-17-13-8-4-3-7-12(13)14(18-15)19-10-11-6-5-9-20-11/h3-9H,2,10H2,1H3,(H,16,17,18).